The molecular weight excluding hydrogens is 380 g/mol. The first-order valence-electron chi connectivity index (χ1n) is 7.53. The lowest BCUT2D eigenvalue weighted by atomic mass is 10.1. The molecule has 0 bridgehead atoms. The number of halogens is 5. The summed E-state index contributed by atoms with van der Waals surface area (Å²) in [6.07, 6.45) is -4.38. The molecule has 1 aromatic heterocycles. The van der Waals surface area contributed by atoms with Crippen LogP contribution in [0.4, 0.5) is 13.2 Å². The quantitative estimate of drug-likeness (QED) is 0.809. The summed E-state index contributed by atoms with van der Waals surface area (Å²) in [5.74, 6) is -0.528. The van der Waals surface area contributed by atoms with Gasteiger partial charge in [0.15, 0.2) is 0 Å². The van der Waals surface area contributed by atoms with Crippen LogP contribution in [0.1, 0.15) is 21.7 Å². The van der Waals surface area contributed by atoms with Gasteiger partial charge in [-0.3, -0.25) is 14.7 Å². The number of carbonyl (C=O) groups excluding carboxylic acids is 1. The number of aryl methyl sites for hydroxylation is 2. The lowest BCUT2D eigenvalue weighted by Crippen LogP contribution is -2.57. The van der Waals surface area contributed by atoms with Crippen molar-refractivity contribution in [2.45, 2.75) is 26.1 Å². The van der Waals surface area contributed by atoms with Crippen LogP contribution in [-0.2, 0) is 0 Å². The summed E-state index contributed by atoms with van der Waals surface area (Å²) in [5, 5.41) is 5.42. The van der Waals surface area contributed by atoms with Crippen molar-refractivity contribution in [3.05, 3.63) is 29.1 Å². The fourth-order valence-electron chi connectivity index (χ4n) is 2.66. The Morgan fingerprint density at radius 1 is 1.28 bits per heavy atom. The Bertz CT molecular complexity index is 566. The van der Waals surface area contributed by atoms with Crippen LogP contribution in [0, 0.1) is 13.8 Å². The van der Waals surface area contributed by atoms with Gasteiger partial charge in [-0.2, -0.15) is 13.2 Å². The third kappa shape index (κ3) is 6.62. The summed E-state index contributed by atoms with van der Waals surface area (Å²) in [5.41, 5.74) is 1.57. The highest BCUT2D eigenvalue weighted by Crippen LogP contribution is 2.24. The van der Waals surface area contributed by atoms with Crippen molar-refractivity contribution >= 4 is 30.7 Å². The van der Waals surface area contributed by atoms with Crippen LogP contribution in [0.15, 0.2) is 12.1 Å². The van der Waals surface area contributed by atoms with Crippen LogP contribution in [0.25, 0.3) is 0 Å². The average molecular weight is 403 g/mol. The Hall–Kier alpha value is -1.09. The Kier molecular flexibility index (Phi) is 9.71. The molecule has 1 amide bonds. The number of nitrogens with one attached hydrogen (secondary N) is 2. The topological polar surface area (TPSA) is 57.3 Å². The SMILES string of the molecule is Cc1ccc(C(=O)NCC(N2CCNCC2)C(F)(F)F)c(C)n1.Cl.Cl. The number of carbonyl (C=O) groups is 1. The average Bonchev–Trinajstić information content (AvgIpc) is 2.47. The molecule has 1 atom stereocenters. The highest BCUT2D eigenvalue weighted by molar-refractivity contribution is 5.95. The van der Waals surface area contributed by atoms with Gasteiger partial charge in [0.05, 0.1) is 11.3 Å². The number of hydrogen-bond acceptors (Lipinski definition) is 4. The summed E-state index contributed by atoms with van der Waals surface area (Å²) in [4.78, 5) is 17.7. The van der Waals surface area contributed by atoms with Gasteiger partial charge in [0, 0.05) is 38.4 Å². The van der Waals surface area contributed by atoms with Crippen LogP contribution in [0.3, 0.4) is 0 Å². The van der Waals surface area contributed by atoms with E-state index in [9.17, 15) is 18.0 Å². The van der Waals surface area contributed by atoms with Crippen LogP contribution in [-0.4, -0.2) is 60.7 Å². The Labute approximate surface area is 157 Å². The normalized spacial score (nSPS) is 16.4. The largest absolute Gasteiger partial charge is 0.405 e. The van der Waals surface area contributed by atoms with E-state index in [1.165, 1.54) is 4.90 Å². The van der Waals surface area contributed by atoms with E-state index in [2.05, 4.69) is 15.6 Å². The zero-order valence-electron chi connectivity index (χ0n) is 14.0. The lowest BCUT2D eigenvalue weighted by molar-refractivity contribution is -0.183. The molecule has 1 aliphatic heterocycles. The maximum Gasteiger partial charge on any atom is 0.405 e. The van der Waals surface area contributed by atoms with E-state index in [0.717, 1.165) is 5.69 Å². The van der Waals surface area contributed by atoms with E-state index in [0.29, 0.717) is 37.4 Å². The summed E-state index contributed by atoms with van der Waals surface area (Å²) < 4.78 is 39.8. The molecule has 0 aromatic carbocycles. The number of alkyl halides is 3. The molecule has 2 heterocycles. The number of aromatic nitrogens is 1. The number of pyridine rings is 1. The number of rotatable bonds is 4. The Balaban J connectivity index is 0.00000288. The molecule has 1 aliphatic rings. The van der Waals surface area contributed by atoms with E-state index in [1.54, 1.807) is 26.0 Å². The molecule has 1 fully saturated rings. The zero-order chi connectivity index (χ0) is 17.0. The second kappa shape index (κ2) is 10.2. The molecular formula is C15H23Cl2F3N4O. The molecule has 10 heteroatoms. The molecule has 2 rings (SSSR count). The van der Waals surface area contributed by atoms with Crippen molar-refractivity contribution in [1.82, 2.24) is 20.5 Å². The minimum atomic E-state index is -4.38. The summed E-state index contributed by atoms with van der Waals surface area (Å²) >= 11 is 0. The number of nitrogens with zero attached hydrogens (tertiary/aromatic N) is 2. The van der Waals surface area contributed by atoms with Gasteiger partial charge in [0.1, 0.15) is 6.04 Å². The van der Waals surface area contributed by atoms with Crippen LogP contribution < -0.4 is 10.6 Å². The Morgan fingerprint density at radius 2 is 1.88 bits per heavy atom. The molecule has 1 unspecified atom stereocenters. The second-order valence-electron chi connectivity index (χ2n) is 5.64. The van der Waals surface area contributed by atoms with E-state index in [-0.39, 0.29) is 24.8 Å². The minimum Gasteiger partial charge on any atom is -0.350 e. The molecule has 1 aromatic rings. The van der Waals surface area contributed by atoms with Crippen molar-refractivity contribution in [3.63, 3.8) is 0 Å². The van der Waals surface area contributed by atoms with E-state index in [1.807, 2.05) is 0 Å². The third-order valence-electron chi connectivity index (χ3n) is 3.90. The van der Waals surface area contributed by atoms with Crippen LogP contribution >= 0.6 is 24.8 Å². The number of amides is 1. The van der Waals surface area contributed by atoms with Crippen LogP contribution in [0.2, 0.25) is 0 Å². The van der Waals surface area contributed by atoms with Gasteiger partial charge in [-0.1, -0.05) is 0 Å². The molecule has 0 spiro atoms. The monoisotopic (exact) mass is 402 g/mol. The molecule has 25 heavy (non-hydrogen) atoms. The van der Waals surface area contributed by atoms with Gasteiger partial charge in [-0.15, -0.1) is 24.8 Å². The Morgan fingerprint density at radius 3 is 2.40 bits per heavy atom. The highest BCUT2D eigenvalue weighted by Gasteiger charge is 2.43. The first-order valence-corrected chi connectivity index (χ1v) is 7.53. The first kappa shape index (κ1) is 23.9. The third-order valence-corrected chi connectivity index (χ3v) is 3.90. The van der Waals surface area contributed by atoms with Gasteiger partial charge in [0.25, 0.3) is 5.91 Å². The van der Waals surface area contributed by atoms with Crippen molar-refractivity contribution < 1.29 is 18.0 Å². The molecule has 1 saturated heterocycles. The summed E-state index contributed by atoms with van der Waals surface area (Å²) in [6, 6.07) is 1.58. The van der Waals surface area contributed by atoms with Gasteiger partial charge < -0.3 is 10.6 Å². The van der Waals surface area contributed by atoms with Gasteiger partial charge in [0.2, 0.25) is 0 Å². The number of hydrogen-bond donors (Lipinski definition) is 2. The van der Waals surface area contributed by atoms with Gasteiger partial charge in [-0.05, 0) is 26.0 Å². The first-order chi connectivity index (χ1) is 10.8. The minimum absolute atomic E-state index is 0. The summed E-state index contributed by atoms with van der Waals surface area (Å²) in [7, 11) is 0. The lowest BCUT2D eigenvalue weighted by Gasteiger charge is -2.35. The maximum atomic E-state index is 13.3. The molecule has 0 saturated carbocycles. The highest BCUT2D eigenvalue weighted by atomic mass is 35.5. The van der Waals surface area contributed by atoms with Crippen molar-refractivity contribution in [2.24, 2.45) is 0 Å². The molecule has 5 nitrogen and oxygen atoms in total. The van der Waals surface area contributed by atoms with E-state index < -0.39 is 24.7 Å². The molecule has 0 aliphatic carbocycles. The second-order valence-corrected chi connectivity index (χ2v) is 5.64. The smallest absolute Gasteiger partial charge is 0.350 e. The predicted octanol–water partition coefficient (Wildman–Crippen LogP) is 2.11. The fourth-order valence-corrected chi connectivity index (χ4v) is 2.66. The standard InChI is InChI=1S/C15H21F3N4O.2ClH/c1-10-3-4-12(11(2)21-10)14(23)20-9-13(15(16,17)18)22-7-5-19-6-8-22;;/h3-4,13,19H,5-9H2,1-2H3,(H,20,23);2*1H. The number of piperazine rings is 1. The van der Waals surface area contributed by atoms with Crippen LogP contribution in [0.5, 0.6) is 0 Å². The van der Waals surface area contributed by atoms with E-state index >= 15 is 0 Å². The molecule has 0 radical (unpaired) electrons. The van der Waals surface area contributed by atoms with Gasteiger partial charge >= 0.3 is 6.18 Å². The fraction of sp³-hybridized carbons (Fsp3) is 0.600. The molecule has 144 valence electrons. The van der Waals surface area contributed by atoms with E-state index in [4.69, 9.17) is 0 Å². The predicted molar refractivity (Wildman–Crippen MR) is 94.8 cm³/mol. The van der Waals surface area contributed by atoms with Gasteiger partial charge in [-0.25, -0.2) is 0 Å². The maximum absolute atomic E-state index is 13.3. The zero-order valence-corrected chi connectivity index (χ0v) is 15.7. The van der Waals surface area contributed by atoms with Crippen molar-refractivity contribution in [2.75, 3.05) is 32.7 Å². The van der Waals surface area contributed by atoms with Crippen molar-refractivity contribution in [1.29, 1.82) is 0 Å². The summed E-state index contributed by atoms with van der Waals surface area (Å²) in [6.45, 7) is 4.65. The van der Waals surface area contributed by atoms with Crippen molar-refractivity contribution in [3.8, 4) is 0 Å². The molecule has 2 N–H and O–H groups in total.